The Kier molecular flexibility index (Phi) is 4.47. The SMILES string of the molecule is N=CN.Nc1cccc(F)c1. The molecule has 1 rings (SSSR count). The van der Waals surface area contributed by atoms with Crippen molar-refractivity contribution in [2.45, 2.75) is 0 Å². The smallest absolute Gasteiger partial charge is 0.125 e. The largest absolute Gasteiger partial charge is 0.399 e. The lowest BCUT2D eigenvalue weighted by Gasteiger charge is -1.88. The predicted octanol–water partition coefficient (Wildman–Crippen LogP) is 0.960. The van der Waals surface area contributed by atoms with Crippen molar-refractivity contribution in [3.05, 3.63) is 30.1 Å². The molecule has 5 N–H and O–H groups in total. The highest BCUT2D eigenvalue weighted by atomic mass is 19.1. The zero-order valence-corrected chi connectivity index (χ0v) is 5.92. The molecule has 1 aromatic carbocycles. The highest BCUT2D eigenvalue weighted by Gasteiger charge is 1.85. The lowest BCUT2D eigenvalue weighted by Crippen LogP contribution is -1.83. The van der Waals surface area contributed by atoms with Gasteiger partial charge in [0.25, 0.3) is 0 Å². The Morgan fingerprint density at radius 3 is 2.27 bits per heavy atom. The molecule has 0 radical (unpaired) electrons. The minimum Gasteiger partial charge on any atom is -0.399 e. The van der Waals surface area contributed by atoms with Crippen molar-refractivity contribution in [2.24, 2.45) is 5.73 Å². The van der Waals surface area contributed by atoms with Crippen molar-refractivity contribution in [1.29, 1.82) is 5.41 Å². The van der Waals surface area contributed by atoms with E-state index in [4.69, 9.17) is 11.1 Å². The first kappa shape index (κ1) is 9.42. The zero-order valence-electron chi connectivity index (χ0n) is 5.92. The van der Waals surface area contributed by atoms with E-state index in [9.17, 15) is 4.39 Å². The summed E-state index contributed by atoms with van der Waals surface area (Å²) in [5, 5.41) is 5.86. The quantitative estimate of drug-likeness (QED) is 0.296. The van der Waals surface area contributed by atoms with E-state index in [2.05, 4.69) is 5.73 Å². The molecule has 60 valence electrons. The van der Waals surface area contributed by atoms with Gasteiger partial charge in [-0.15, -0.1) is 0 Å². The lowest BCUT2D eigenvalue weighted by atomic mass is 10.3. The fraction of sp³-hybridized carbons (Fsp3) is 0. The first-order chi connectivity index (χ1) is 5.20. The summed E-state index contributed by atoms with van der Waals surface area (Å²) in [6.07, 6.45) is 0.750. The van der Waals surface area contributed by atoms with Gasteiger partial charge in [0.05, 0.1) is 6.34 Å². The fourth-order valence-corrected chi connectivity index (χ4v) is 0.507. The molecule has 0 saturated carbocycles. The standard InChI is InChI=1S/C6H6FN.CH4N2/c7-5-2-1-3-6(8)4-5;2-1-3/h1-4H,8H2;1H,(H3,2,3). The van der Waals surface area contributed by atoms with Gasteiger partial charge in [-0.1, -0.05) is 6.07 Å². The van der Waals surface area contributed by atoms with Crippen molar-refractivity contribution >= 4 is 12.0 Å². The van der Waals surface area contributed by atoms with Crippen molar-refractivity contribution in [1.82, 2.24) is 0 Å². The van der Waals surface area contributed by atoms with Gasteiger partial charge in [-0.3, -0.25) is 5.41 Å². The normalized spacial score (nSPS) is 7.73. The van der Waals surface area contributed by atoms with Crippen molar-refractivity contribution in [2.75, 3.05) is 5.73 Å². The fourth-order valence-electron chi connectivity index (χ4n) is 0.507. The summed E-state index contributed by atoms with van der Waals surface area (Å²) in [5.41, 5.74) is 10.1. The average molecular weight is 155 g/mol. The number of nitrogens with two attached hydrogens (primary N) is 2. The molecule has 0 fully saturated rings. The summed E-state index contributed by atoms with van der Waals surface area (Å²) >= 11 is 0. The summed E-state index contributed by atoms with van der Waals surface area (Å²) < 4.78 is 12.1. The van der Waals surface area contributed by atoms with Crippen LogP contribution in [0.5, 0.6) is 0 Å². The highest BCUT2D eigenvalue weighted by molar-refractivity contribution is 5.46. The van der Waals surface area contributed by atoms with Crippen LogP contribution in [0.1, 0.15) is 0 Å². The number of nitrogens with one attached hydrogen (secondary N) is 1. The molecule has 1 aromatic rings. The third-order valence-electron chi connectivity index (χ3n) is 0.849. The summed E-state index contributed by atoms with van der Waals surface area (Å²) in [7, 11) is 0. The van der Waals surface area contributed by atoms with E-state index in [0.717, 1.165) is 6.34 Å². The van der Waals surface area contributed by atoms with Crippen LogP contribution in [0.4, 0.5) is 10.1 Å². The number of hydrogen-bond donors (Lipinski definition) is 3. The molecule has 0 bridgehead atoms. The van der Waals surface area contributed by atoms with Gasteiger partial charge in [-0.05, 0) is 18.2 Å². The second-order valence-corrected chi connectivity index (χ2v) is 1.72. The van der Waals surface area contributed by atoms with Crippen molar-refractivity contribution in [3.63, 3.8) is 0 Å². The minimum absolute atomic E-state index is 0.287. The van der Waals surface area contributed by atoms with Crippen LogP contribution in [0, 0.1) is 11.2 Å². The van der Waals surface area contributed by atoms with E-state index in [1.54, 1.807) is 12.1 Å². The Labute approximate surface area is 64.3 Å². The van der Waals surface area contributed by atoms with Gasteiger partial charge in [0.15, 0.2) is 0 Å². The first-order valence-corrected chi connectivity index (χ1v) is 2.92. The Balaban J connectivity index is 0.000000292. The molecule has 0 atom stereocenters. The molecular weight excluding hydrogens is 145 g/mol. The summed E-state index contributed by atoms with van der Waals surface area (Å²) in [5.74, 6) is -0.287. The number of anilines is 1. The molecule has 0 aliphatic rings. The molecular formula is C7H10FN3. The number of rotatable bonds is 0. The lowest BCUT2D eigenvalue weighted by molar-refractivity contribution is 0.628. The predicted molar refractivity (Wildman–Crippen MR) is 43.8 cm³/mol. The molecule has 0 spiro atoms. The maximum absolute atomic E-state index is 12.1. The Morgan fingerprint density at radius 1 is 1.45 bits per heavy atom. The molecule has 0 aliphatic carbocycles. The number of hydrogen-bond acceptors (Lipinski definition) is 2. The van der Waals surface area contributed by atoms with Gasteiger partial charge in [0.2, 0.25) is 0 Å². The number of benzene rings is 1. The second kappa shape index (κ2) is 5.22. The van der Waals surface area contributed by atoms with Gasteiger partial charge in [0.1, 0.15) is 5.82 Å². The van der Waals surface area contributed by atoms with E-state index in [0.29, 0.717) is 5.69 Å². The number of nitrogen functional groups attached to an aromatic ring is 1. The molecule has 0 unspecified atom stereocenters. The van der Waals surface area contributed by atoms with Gasteiger partial charge in [0, 0.05) is 5.69 Å². The maximum Gasteiger partial charge on any atom is 0.125 e. The highest BCUT2D eigenvalue weighted by Crippen LogP contribution is 2.02. The first-order valence-electron chi connectivity index (χ1n) is 2.92. The molecule has 0 saturated heterocycles. The molecule has 0 heterocycles. The van der Waals surface area contributed by atoms with E-state index in [1.165, 1.54) is 12.1 Å². The van der Waals surface area contributed by atoms with Crippen LogP contribution in [0.3, 0.4) is 0 Å². The van der Waals surface area contributed by atoms with Crippen LogP contribution < -0.4 is 11.5 Å². The third-order valence-corrected chi connectivity index (χ3v) is 0.849. The van der Waals surface area contributed by atoms with Crippen LogP contribution in [-0.2, 0) is 0 Å². The third kappa shape index (κ3) is 4.90. The topological polar surface area (TPSA) is 75.9 Å². The molecule has 0 aliphatic heterocycles. The average Bonchev–Trinajstić information content (AvgIpc) is 1.88. The van der Waals surface area contributed by atoms with E-state index >= 15 is 0 Å². The van der Waals surface area contributed by atoms with Gasteiger partial charge < -0.3 is 11.5 Å². The second-order valence-electron chi connectivity index (χ2n) is 1.72. The number of halogens is 1. The molecule has 3 nitrogen and oxygen atoms in total. The monoisotopic (exact) mass is 155 g/mol. The van der Waals surface area contributed by atoms with Crippen LogP contribution >= 0.6 is 0 Å². The van der Waals surface area contributed by atoms with Crippen LogP contribution in [0.15, 0.2) is 24.3 Å². The van der Waals surface area contributed by atoms with Crippen molar-refractivity contribution in [3.8, 4) is 0 Å². The summed E-state index contributed by atoms with van der Waals surface area (Å²) in [4.78, 5) is 0. The van der Waals surface area contributed by atoms with Gasteiger partial charge in [-0.25, -0.2) is 4.39 Å². The summed E-state index contributed by atoms with van der Waals surface area (Å²) in [6, 6.07) is 5.85. The van der Waals surface area contributed by atoms with Gasteiger partial charge in [-0.2, -0.15) is 0 Å². The van der Waals surface area contributed by atoms with Crippen molar-refractivity contribution < 1.29 is 4.39 Å². The molecule has 0 aromatic heterocycles. The minimum atomic E-state index is -0.287. The molecule has 0 amide bonds. The Hall–Kier alpha value is -1.58. The Morgan fingerprint density at radius 2 is 2.00 bits per heavy atom. The maximum atomic E-state index is 12.1. The zero-order chi connectivity index (χ0) is 8.69. The van der Waals surface area contributed by atoms with Gasteiger partial charge >= 0.3 is 0 Å². The summed E-state index contributed by atoms with van der Waals surface area (Å²) in [6.45, 7) is 0. The van der Waals surface area contributed by atoms with Crippen LogP contribution in [0.2, 0.25) is 0 Å². The Bertz CT molecular complexity index is 207. The molecule has 4 heteroatoms. The molecule has 11 heavy (non-hydrogen) atoms. The van der Waals surface area contributed by atoms with E-state index < -0.39 is 0 Å². The van der Waals surface area contributed by atoms with Crippen LogP contribution in [0.25, 0.3) is 0 Å². The van der Waals surface area contributed by atoms with E-state index in [1.807, 2.05) is 0 Å². The van der Waals surface area contributed by atoms with Crippen LogP contribution in [-0.4, -0.2) is 6.34 Å². The van der Waals surface area contributed by atoms with E-state index in [-0.39, 0.29) is 5.82 Å².